The zero-order chi connectivity index (χ0) is 24.9. The minimum atomic E-state index is -1.19. The molecule has 0 radical (unpaired) electrons. The fourth-order valence-corrected chi connectivity index (χ4v) is 3.45. The van der Waals surface area contributed by atoms with E-state index in [-0.39, 0.29) is 16.8 Å². The Labute approximate surface area is 199 Å². The molecule has 0 atom stereocenters. The molecule has 4 aromatic rings. The third-order valence-electron chi connectivity index (χ3n) is 5.28. The SMILES string of the molecule is COc1ccc(C(=O)c2c(-c3ccc(OC)cc3)[nH]n(C(=O)Nc3ccccc3)c(=O)c2=O)cc1. The number of ether oxygens (including phenoxy) is 2. The monoisotopic (exact) mass is 471 g/mol. The third-order valence-corrected chi connectivity index (χ3v) is 5.28. The molecule has 0 aliphatic rings. The molecular formula is C26H21N3O6. The van der Waals surface area contributed by atoms with Crippen molar-refractivity contribution < 1.29 is 19.1 Å². The van der Waals surface area contributed by atoms with Crippen molar-refractivity contribution in [2.24, 2.45) is 0 Å². The summed E-state index contributed by atoms with van der Waals surface area (Å²) in [5.41, 5.74) is -1.66. The smallest absolute Gasteiger partial charge is 0.348 e. The van der Waals surface area contributed by atoms with Gasteiger partial charge in [-0.1, -0.05) is 18.2 Å². The van der Waals surface area contributed by atoms with E-state index in [1.165, 1.54) is 26.4 Å². The summed E-state index contributed by atoms with van der Waals surface area (Å²) < 4.78 is 10.8. The molecule has 1 heterocycles. The molecule has 9 heteroatoms. The molecule has 0 spiro atoms. The Balaban J connectivity index is 1.88. The van der Waals surface area contributed by atoms with Crippen LogP contribution in [0.4, 0.5) is 10.5 Å². The van der Waals surface area contributed by atoms with Gasteiger partial charge < -0.3 is 14.8 Å². The third kappa shape index (κ3) is 4.74. The number of H-pyrrole nitrogens is 1. The van der Waals surface area contributed by atoms with E-state index in [0.717, 1.165) is 0 Å². The van der Waals surface area contributed by atoms with Crippen LogP contribution in [0.5, 0.6) is 11.5 Å². The molecule has 0 saturated heterocycles. The maximum absolute atomic E-state index is 13.4. The van der Waals surface area contributed by atoms with Crippen LogP contribution in [0.1, 0.15) is 15.9 Å². The number of benzene rings is 3. The van der Waals surface area contributed by atoms with Crippen LogP contribution >= 0.6 is 0 Å². The van der Waals surface area contributed by atoms with Gasteiger partial charge in [0, 0.05) is 16.8 Å². The Hall–Kier alpha value is -4.92. The van der Waals surface area contributed by atoms with Gasteiger partial charge in [0.15, 0.2) is 5.78 Å². The largest absolute Gasteiger partial charge is 0.497 e. The van der Waals surface area contributed by atoms with Crippen molar-refractivity contribution in [1.82, 2.24) is 9.78 Å². The summed E-state index contributed by atoms with van der Waals surface area (Å²) in [7, 11) is 2.99. The van der Waals surface area contributed by atoms with E-state index in [1.807, 2.05) is 0 Å². The molecule has 35 heavy (non-hydrogen) atoms. The molecule has 2 N–H and O–H groups in total. The van der Waals surface area contributed by atoms with Crippen LogP contribution in [-0.4, -0.2) is 35.8 Å². The number of nitrogens with one attached hydrogen (secondary N) is 2. The average molecular weight is 471 g/mol. The van der Waals surface area contributed by atoms with Crippen molar-refractivity contribution in [2.75, 3.05) is 19.5 Å². The van der Waals surface area contributed by atoms with Gasteiger partial charge in [-0.3, -0.25) is 19.5 Å². The van der Waals surface area contributed by atoms with E-state index in [0.29, 0.717) is 27.4 Å². The Morgan fingerprint density at radius 3 is 1.94 bits per heavy atom. The lowest BCUT2D eigenvalue weighted by molar-refractivity contribution is 0.103. The predicted molar refractivity (Wildman–Crippen MR) is 131 cm³/mol. The van der Waals surface area contributed by atoms with Crippen molar-refractivity contribution in [3.8, 4) is 22.8 Å². The Morgan fingerprint density at radius 1 is 0.800 bits per heavy atom. The van der Waals surface area contributed by atoms with Crippen molar-refractivity contribution in [3.05, 3.63) is 111 Å². The summed E-state index contributed by atoms with van der Waals surface area (Å²) in [6, 6.07) is 20.2. The fourth-order valence-electron chi connectivity index (χ4n) is 3.45. The standard InChI is InChI=1S/C26H21N3O6/c1-34-19-12-8-16(9-13-19)22-21(23(30)17-10-14-20(35-2)15-11-17)24(31)25(32)29(28-22)26(33)27-18-6-4-3-5-7-18/h3-15,28H,1-2H3,(H,27,33). The number of para-hydroxylation sites is 1. The second-order valence-corrected chi connectivity index (χ2v) is 7.41. The minimum Gasteiger partial charge on any atom is -0.497 e. The molecule has 1 amide bonds. The maximum Gasteiger partial charge on any atom is 0.348 e. The second kappa shape index (κ2) is 9.92. The number of aromatic nitrogens is 2. The van der Waals surface area contributed by atoms with Crippen LogP contribution in [0.2, 0.25) is 0 Å². The van der Waals surface area contributed by atoms with Gasteiger partial charge in [-0.25, -0.2) is 4.79 Å². The van der Waals surface area contributed by atoms with Crippen molar-refractivity contribution in [3.63, 3.8) is 0 Å². The molecule has 4 rings (SSSR count). The summed E-state index contributed by atoms with van der Waals surface area (Å²) in [5.74, 6) is 0.403. The number of rotatable bonds is 6. The first kappa shape index (κ1) is 23.2. The van der Waals surface area contributed by atoms with E-state index in [2.05, 4.69) is 10.4 Å². The predicted octanol–water partition coefficient (Wildman–Crippen LogP) is 3.53. The molecule has 0 aliphatic carbocycles. The van der Waals surface area contributed by atoms with Crippen molar-refractivity contribution in [2.45, 2.75) is 0 Å². The molecule has 0 aliphatic heterocycles. The zero-order valence-electron chi connectivity index (χ0n) is 18.9. The number of hydrogen-bond donors (Lipinski definition) is 2. The highest BCUT2D eigenvalue weighted by molar-refractivity contribution is 6.12. The number of methoxy groups -OCH3 is 2. The number of amides is 1. The maximum atomic E-state index is 13.4. The first-order valence-electron chi connectivity index (χ1n) is 10.5. The number of hydrogen-bond acceptors (Lipinski definition) is 6. The highest BCUT2D eigenvalue weighted by atomic mass is 16.5. The number of carbonyl (C=O) groups is 2. The van der Waals surface area contributed by atoms with Gasteiger partial charge in [0.05, 0.1) is 19.9 Å². The van der Waals surface area contributed by atoms with Crippen LogP contribution < -0.4 is 25.8 Å². The van der Waals surface area contributed by atoms with Crippen LogP contribution in [-0.2, 0) is 0 Å². The summed E-state index contributed by atoms with van der Waals surface area (Å²) in [4.78, 5) is 52.3. The first-order chi connectivity index (χ1) is 16.9. The first-order valence-corrected chi connectivity index (χ1v) is 10.5. The summed E-state index contributed by atoms with van der Waals surface area (Å²) >= 11 is 0. The van der Waals surface area contributed by atoms with Crippen LogP contribution in [0.3, 0.4) is 0 Å². The molecule has 9 nitrogen and oxygen atoms in total. The zero-order valence-corrected chi connectivity index (χ0v) is 18.9. The summed E-state index contributed by atoms with van der Waals surface area (Å²) in [5, 5.41) is 5.23. The fraction of sp³-hybridized carbons (Fsp3) is 0.0769. The van der Waals surface area contributed by atoms with Gasteiger partial charge in [0.25, 0.3) is 5.43 Å². The molecule has 3 aromatic carbocycles. The van der Waals surface area contributed by atoms with Gasteiger partial charge in [-0.05, 0) is 60.7 Å². The van der Waals surface area contributed by atoms with Crippen LogP contribution in [0.25, 0.3) is 11.3 Å². The second-order valence-electron chi connectivity index (χ2n) is 7.41. The molecule has 176 valence electrons. The molecule has 0 saturated carbocycles. The lowest BCUT2D eigenvalue weighted by Crippen LogP contribution is -2.44. The van der Waals surface area contributed by atoms with Crippen LogP contribution in [0.15, 0.2) is 88.5 Å². The number of anilines is 1. The Kier molecular flexibility index (Phi) is 6.59. The van der Waals surface area contributed by atoms with E-state index in [9.17, 15) is 19.2 Å². The van der Waals surface area contributed by atoms with Crippen molar-refractivity contribution in [1.29, 1.82) is 0 Å². The molecule has 1 aromatic heterocycles. The highest BCUT2D eigenvalue weighted by Crippen LogP contribution is 2.24. The van der Waals surface area contributed by atoms with E-state index < -0.39 is 22.8 Å². The Bertz CT molecular complexity index is 1490. The Morgan fingerprint density at radius 2 is 1.37 bits per heavy atom. The van der Waals surface area contributed by atoms with E-state index >= 15 is 0 Å². The van der Waals surface area contributed by atoms with Crippen molar-refractivity contribution >= 4 is 17.5 Å². The summed E-state index contributed by atoms with van der Waals surface area (Å²) in [6.45, 7) is 0. The highest BCUT2D eigenvalue weighted by Gasteiger charge is 2.25. The van der Waals surface area contributed by atoms with Crippen LogP contribution in [0, 0.1) is 0 Å². The molecular weight excluding hydrogens is 450 g/mol. The number of carbonyl (C=O) groups excluding carboxylic acids is 2. The minimum absolute atomic E-state index is 0.0151. The van der Waals surface area contributed by atoms with E-state index in [4.69, 9.17) is 9.47 Å². The van der Waals surface area contributed by atoms with Gasteiger partial charge in [-0.15, -0.1) is 0 Å². The lowest BCUT2D eigenvalue weighted by Gasteiger charge is -2.13. The number of ketones is 1. The quantitative estimate of drug-likeness (QED) is 0.328. The molecule has 0 fully saturated rings. The van der Waals surface area contributed by atoms with Gasteiger partial charge in [0.1, 0.15) is 17.1 Å². The average Bonchev–Trinajstić information content (AvgIpc) is 2.90. The van der Waals surface area contributed by atoms with Gasteiger partial charge in [0.2, 0.25) is 0 Å². The topological polar surface area (TPSA) is 119 Å². The number of aromatic amines is 1. The molecule has 0 unspecified atom stereocenters. The van der Waals surface area contributed by atoms with E-state index in [1.54, 1.807) is 66.7 Å². The summed E-state index contributed by atoms with van der Waals surface area (Å²) in [6.07, 6.45) is 0. The lowest BCUT2D eigenvalue weighted by atomic mass is 9.98. The number of nitrogens with zero attached hydrogens (tertiary/aromatic N) is 1. The normalized spacial score (nSPS) is 10.5. The molecule has 0 bridgehead atoms. The van der Waals surface area contributed by atoms with Gasteiger partial charge in [-0.2, -0.15) is 4.68 Å². The van der Waals surface area contributed by atoms with Gasteiger partial charge >= 0.3 is 11.6 Å².